The van der Waals surface area contributed by atoms with Gasteiger partial charge in [-0.1, -0.05) is 24.3 Å². The van der Waals surface area contributed by atoms with E-state index >= 15 is 0 Å². The molecule has 0 atom stereocenters. The first-order valence-corrected chi connectivity index (χ1v) is 9.63. The summed E-state index contributed by atoms with van der Waals surface area (Å²) in [7, 11) is 0. The number of aromatic nitrogens is 1. The fourth-order valence-electron chi connectivity index (χ4n) is 3.19. The summed E-state index contributed by atoms with van der Waals surface area (Å²) in [6.07, 6.45) is 1.98. The summed E-state index contributed by atoms with van der Waals surface area (Å²) < 4.78 is 5.71. The van der Waals surface area contributed by atoms with E-state index in [9.17, 15) is 9.59 Å². The molecule has 1 aliphatic rings. The number of hydrogen-bond acceptors (Lipinski definition) is 5. The van der Waals surface area contributed by atoms with Crippen molar-refractivity contribution in [1.82, 2.24) is 4.98 Å². The van der Waals surface area contributed by atoms with Crippen molar-refractivity contribution in [2.75, 3.05) is 18.1 Å². The molecular formula is C21H18N2O3S. The van der Waals surface area contributed by atoms with Crippen molar-refractivity contribution in [2.45, 2.75) is 13.3 Å². The van der Waals surface area contributed by atoms with Gasteiger partial charge in [-0.2, -0.15) is 0 Å². The maximum Gasteiger partial charge on any atom is 0.233 e. The van der Waals surface area contributed by atoms with Gasteiger partial charge in [0.25, 0.3) is 0 Å². The van der Waals surface area contributed by atoms with Crippen molar-refractivity contribution in [1.29, 1.82) is 0 Å². The zero-order chi connectivity index (χ0) is 18.8. The van der Waals surface area contributed by atoms with Crippen LogP contribution in [0.1, 0.15) is 22.3 Å². The average molecular weight is 378 g/mol. The highest BCUT2D eigenvalue weighted by atomic mass is 32.1. The largest absolute Gasteiger partial charge is 0.493 e. The minimum atomic E-state index is -0.0994. The fraction of sp³-hybridized carbons (Fsp3) is 0.190. The quantitative estimate of drug-likeness (QED) is 0.609. The minimum Gasteiger partial charge on any atom is -0.493 e. The molecule has 136 valence electrons. The van der Waals surface area contributed by atoms with E-state index in [2.05, 4.69) is 4.98 Å². The molecule has 0 saturated heterocycles. The fourth-order valence-corrected chi connectivity index (χ4v) is 3.85. The molecule has 1 aliphatic heterocycles. The third-order valence-electron chi connectivity index (χ3n) is 4.45. The Morgan fingerprint density at radius 1 is 1.26 bits per heavy atom. The monoisotopic (exact) mass is 378 g/mol. The van der Waals surface area contributed by atoms with Crippen LogP contribution in [0.25, 0.3) is 11.1 Å². The number of fused-ring (bicyclic) bond motifs is 1. The van der Waals surface area contributed by atoms with Crippen LogP contribution in [-0.4, -0.2) is 29.8 Å². The van der Waals surface area contributed by atoms with Crippen molar-refractivity contribution >= 4 is 28.7 Å². The Morgan fingerprint density at radius 3 is 2.89 bits per heavy atom. The maximum absolute atomic E-state index is 12.5. The summed E-state index contributed by atoms with van der Waals surface area (Å²) in [5.74, 6) is 0.608. The van der Waals surface area contributed by atoms with E-state index < -0.39 is 0 Å². The molecule has 5 nitrogen and oxygen atoms in total. The summed E-state index contributed by atoms with van der Waals surface area (Å²) >= 11 is 1.38. The lowest BCUT2D eigenvalue weighted by Crippen LogP contribution is -2.32. The Morgan fingerprint density at radius 2 is 2.11 bits per heavy atom. The van der Waals surface area contributed by atoms with Crippen LogP contribution in [0, 0.1) is 0 Å². The number of hydrogen-bond donors (Lipinski definition) is 0. The number of carbonyl (C=O) groups excluding carboxylic acids is 2. The van der Waals surface area contributed by atoms with Gasteiger partial charge in [0.15, 0.2) is 5.78 Å². The number of nitrogens with zero attached hydrogens (tertiary/aromatic N) is 2. The highest BCUT2D eigenvalue weighted by Crippen LogP contribution is 2.35. The summed E-state index contributed by atoms with van der Waals surface area (Å²) in [5.41, 5.74) is 3.19. The van der Waals surface area contributed by atoms with E-state index in [0.29, 0.717) is 22.9 Å². The number of ketones is 1. The molecule has 1 aromatic carbocycles. The summed E-state index contributed by atoms with van der Waals surface area (Å²) in [6.45, 7) is 2.54. The normalized spacial score (nSPS) is 12.9. The Hall–Kier alpha value is -2.99. The first-order chi connectivity index (χ1) is 13.2. The molecule has 4 rings (SSSR count). The molecule has 0 spiro atoms. The Kier molecular flexibility index (Phi) is 4.73. The molecule has 0 saturated carbocycles. The van der Waals surface area contributed by atoms with Crippen LogP contribution in [0.15, 0.2) is 54.0 Å². The number of para-hydroxylation sites is 1. The van der Waals surface area contributed by atoms with Gasteiger partial charge in [-0.3, -0.25) is 14.6 Å². The number of benzene rings is 1. The lowest BCUT2D eigenvalue weighted by molar-refractivity contribution is -0.117. The van der Waals surface area contributed by atoms with Gasteiger partial charge in [0.2, 0.25) is 5.91 Å². The average Bonchev–Trinajstić information content (AvgIpc) is 3.31. The molecule has 0 unspecified atom stereocenters. The zero-order valence-electron chi connectivity index (χ0n) is 14.8. The van der Waals surface area contributed by atoms with Crippen LogP contribution in [-0.2, 0) is 11.2 Å². The molecule has 0 radical (unpaired) electrons. The maximum atomic E-state index is 12.5. The molecule has 27 heavy (non-hydrogen) atoms. The highest BCUT2D eigenvalue weighted by Gasteiger charge is 2.31. The van der Waals surface area contributed by atoms with Crippen molar-refractivity contribution in [3.63, 3.8) is 0 Å². The topological polar surface area (TPSA) is 59.5 Å². The van der Waals surface area contributed by atoms with Crippen molar-refractivity contribution < 1.29 is 14.3 Å². The third kappa shape index (κ3) is 3.36. The van der Waals surface area contributed by atoms with Crippen LogP contribution < -0.4 is 9.64 Å². The standard InChI is InChI=1S/C21H18N2O3S/c1-2-26-19-7-4-3-6-15(19)14-10-17-16(22-12-14)11-21(25)23(17)13-18(24)20-8-5-9-27-20/h3-10,12H,2,11,13H2,1H3. The Balaban J connectivity index is 1.68. The number of ether oxygens (including phenoxy) is 1. The van der Waals surface area contributed by atoms with Gasteiger partial charge in [0, 0.05) is 17.3 Å². The molecular weight excluding hydrogens is 360 g/mol. The Bertz CT molecular complexity index is 998. The van der Waals surface area contributed by atoms with E-state index in [0.717, 1.165) is 16.9 Å². The van der Waals surface area contributed by atoms with Gasteiger partial charge >= 0.3 is 0 Å². The predicted molar refractivity (Wildman–Crippen MR) is 106 cm³/mol. The first kappa shape index (κ1) is 17.4. The molecule has 0 fully saturated rings. The smallest absolute Gasteiger partial charge is 0.233 e. The van der Waals surface area contributed by atoms with Gasteiger partial charge in [0.05, 0.1) is 35.8 Å². The molecule has 0 bridgehead atoms. The number of carbonyl (C=O) groups is 2. The van der Waals surface area contributed by atoms with Gasteiger partial charge in [-0.25, -0.2) is 0 Å². The van der Waals surface area contributed by atoms with Crippen LogP contribution in [0.2, 0.25) is 0 Å². The summed E-state index contributed by atoms with van der Waals surface area (Å²) in [5, 5.41) is 1.86. The van der Waals surface area contributed by atoms with Crippen molar-refractivity contribution in [2.24, 2.45) is 0 Å². The lowest BCUT2D eigenvalue weighted by atomic mass is 10.1. The molecule has 3 aromatic rings. The van der Waals surface area contributed by atoms with Crippen molar-refractivity contribution in [3.8, 4) is 16.9 Å². The van der Waals surface area contributed by atoms with E-state index in [1.807, 2.05) is 48.7 Å². The van der Waals surface area contributed by atoms with Crippen LogP contribution in [0.5, 0.6) is 5.75 Å². The summed E-state index contributed by atoms with van der Waals surface area (Å²) in [4.78, 5) is 31.6. The molecule has 6 heteroatoms. The predicted octanol–water partition coefficient (Wildman–Crippen LogP) is 3.98. The second-order valence-corrected chi connectivity index (χ2v) is 7.12. The number of anilines is 1. The van der Waals surface area contributed by atoms with Crippen LogP contribution in [0.3, 0.4) is 0 Å². The van der Waals surface area contributed by atoms with E-state index in [-0.39, 0.29) is 24.7 Å². The summed E-state index contributed by atoms with van der Waals surface area (Å²) in [6, 6.07) is 13.3. The highest BCUT2D eigenvalue weighted by molar-refractivity contribution is 7.12. The van der Waals surface area contributed by atoms with Gasteiger partial charge < -0.3 is 9.64 Å². The number of rotatable bonds is 6. The number of thiophene rings is 1. The first-order valence-electron chi connectivity index (χ1n) is 8.75. The lowest BCUT2D eigenvalue weighted by Gasteiger charge is -2.17. The van der Waals surface area contributed by atoms with Gasteiger partial charge in [0.1, 0.15) is 5.75 Å². The van der Waals surface area contributed by atoms with Gasteiger partial charge in [-0.05, 0) is 30.5 Å². The number of amides is 1. The SMILES string of the molecule is CCOc1ccccc1-c1cnc2c(c1)N(CC(=O)c1cccs1)C(=O)C2. The van der Waals surface area contributed by atoms with E-state index in [1.54, 1.807) is 12.3 Å². The van der Waals surface area contributed by atoms with Gasteiger partial charge in [-0.15, -0.1) is 11.3 Å². The second-order valence-electron chi connectivity index (χ2n) is 6.18. The van der Waals surface area contributed by atoms with Crippen LogP contribution in [0.4, 0.5) is 5.69 Å². The molecule has 2 aromatic heterocycles. The van der Waals surface area contributed by atoms with Crippen molar-refractivity contribution in [3.05, 3.63) is 64.6 Å². The minimum absolute atomic E-state index is 0.0323. The number of Topliss-reactive ketones (excluding diaryl/α,β-unsaturated/α-hetero) is 1. The molecule has 0 aliphatic carbocycles. The van der Waals surface area contributed by atoms with E-state index in [4.69, 9.17) is 4.74 Å². The molecule has 0 N–H and O–H groups in total. The van der Waals surface area contributed by atoms with E-state index in [1.165, 1.54) is 16.2 Å². The second kappa shape index (κ2) is 7.32. The Labute approximate surface area is 161 Å². The number of pyridine rings is 1. The van der Waals surface area contributed by atoms with Crippen LogP contribution >= 0.6 is 11.3 Å². The zero-order valence-corrected chi connectivity index (χ0v) is 15.7. The molecule has 1 amide bonds. The molecule has 3 heterocycles. The third-order valence-corrected chi connectivity index (χ3v) is 5.36.